The predicted molar refractivity (Wildman–Crippen MR) is 83.6 cm³/mol. The molecule has 0 saturated carbocycles. The zero-order valence-corrected chi connectivity index (χ0v) is 13.2. The van der Waals surface area contributed by atoms with E-state index in [1.807, 2.05) is 30.5 Å². The molecule has 1 N–H and O–H groups in total. The Hall–Kier alpha value is -1.82. The zero-order valence-electron chi connectivity index (χ0n) is 12.4. The fourth-order valence-electron chi connectivity index (χ4n) is 2.05. The lowest BCUT2D eigenvalue weighted by molar-refractivity contribution is -0.133. The lowest BCUT2D eigenvalue weighted by Gasteiger charge is -2.13. The summed E-state index contributed by atoms with van der Waals surface area (Å²) in [5.41, 5.74) is 2.27. The zero-order chi connectivity index (χ0) is 15.4. The van der Waals surface area contributed by atoms with Crippen LogP contribution in [0.2, 0.25) is 0 Å². The smallest absolute Gasteiger partial charge is 0.313 e. The lowest BCUT2D eigenvalue weighted by Crippen LogP contribution is -2.07. The summed E-state index contributed by atoms with van der Waals surface area (Å²) in [6, 6.07) is 8.40. The van der Waals surface area contributed by atoms with E-state index >= 15 is 0 Å². The third-order valence-electron chi connectivity index (χ3n) is 3.13. The van der Waals surface area contributed by atoms with E-state index in [1.54, 1.807) is 0 Å². The number of aliphatic carboxylic acids is 1. The minimum Gasteiger partial charge on any atom is -0.481 e. The molecule has 112 valence electrons. The normalized spacial score (nSPS) is 11.0. The largest absolute Gasteiger partial charge is 0.481 e. The van der Waals surface area contributed by atoms with Gasteiger partial charge in [-0.25, -0.2) is 0 Å². The molecule has 0 atom stereocenters. The fraction of sp³-hybridized carbons (Fsp3) is 0.400. The number of rotatable bonds is 6. The molecule has 6 heteroatoms. The van der Waals surface area contributed by atoms with Crippen LogP contribution in [0.1, 0.15) is 32.4 Å². The molecule has 0 spiro atoms. The number of hydrogen-bond acceptors (Lipinski definition) is 4. The Labute approximate surface area is 128 Å². The number of carboxylic acid groups (broad SMARTS) is 1. The van der Waals surface area contributed by atoms with Crippen LogP contribution in [0.3, 0.4) is 0 Å². The van der Waals surface area contributed by atoms with Gasteiger partial charge < -0.3 is 5.11 Å². The Kier molecular flexibility index (Phi) is 5.01. The van der Waals surface area contributed by atoms with Crippen molar-refractivity contribution in [1.82, 2.24) is 14.8 Å². The first-order chi connectivity index (χ1) is 10.0. The Bertz CT molecular complexity index is 620. The van der Waals surface area contributed by atoms with Crippen molar-refractivity contribution >= 4 is 17.7 Å². The van der Waals surface area contributed by atoms with Gasteiger partial charge in [0.1, 0.15) is 0 Å². The molecule has 0 bridgehead atoms. The van der Waals surface area contributed by atoms with Gasteiger partial charge in [0.2, 0.25) is 0 Å². The van der Waals surface area contributed by atoms with E-state index in [9.17, 15) is 4.79 Å². The Morgan fingerprint density at radius 2 is 1.95 bits per heavy atom. The number of carbonyl (C=O) groups is 1. The quantitative estimate of drug-likeness (QED) is 0.830. The molecule has 1 heterocycles. The maximum atomic E-state index is 10.7. The molecule has 0 aliphatic heterocycles. The van der Waals surface area contributed by atoms with E-state index in [0.29, 0.717) is 5.16 Å². The first-order valence-electron chi connectivity index (χ1n) is 6.91. The van der Waals surface area contributed by atoms with E-state index < -0.39 is 5.97 Å². The third-order valence-corrected chi connectivity index (χ3v) is 4.05. The molecule has 1 aromatic heterocycles. The van der Waals surface area contributed by atoms with Crippen LogP contribution >= 0.6 is 11.8 Å². The summed E-state index contributed by atoms with van der Waals surface area (Å²) in [6.45, 7) is 6.20. The molecule has 0 aliphatic carbocycles. The summed E-state index contributed by atoms with van der Waals surface area (Å²) in [5.74, 6) is -0.0905. The van der Waals surface area contributed by atoms with Crippen LogP contribution in [0.25, 0.3) is 11.4 Å². The highest BCUT2D eigenvalue weighted by Crippen LogP contribution is 2.27. The lowest BCUT2D eigenvalue weighted by atomic mass is 10.1. The van der Waals surface area contributed by atoms with Gasteiger partial charge in [0, 0.05) is 11.6 Å². The standard InChI is InChI=1S/C15H19N3O2S/c1-4-11-5-7-12(8-6-11)14-16-17-15(18(14)10(2)3)21-9-13(19)20/h5-8,10H,4,9H2,1-3H3,(H,19,20). The number of carboxylic acids is 1. The third kappa shape index (κ3) is 3.64. The number of benzene rings is 1. The van der Waals surface area contributed by atoms with Crippen molar-refractivity contribution in [3.63, 3.8) is 0 Å². The second kappa shape index (κ2) is 6.76. The topological polar surface area (TPSA) is 68.0 Å². The minimum absolute atomic E-state index is 0.0143. The average Bonchev–Trinajstić information content (AvgIpc) is 2.89. The summed E-state index contributed by atoms with van der Waals surface area (Å²) in [6.07, 6.45) is 0.997. The van der Waals surface area contributed by atoms with Gasteiger partial charge in [0.05, 0.1) is 5.75 Å². The van der Waals surface area contributed by atoms with E-state index in [2.05, 4.69) is 29.3 Å². The van der Waals surface area contributed by atoms with Crippen LogP contribution < -0.4 is 0 Å². The predicted octanol–water partition coefficient (Wildman–Crippen LogP) is 3.27. The summed E-state index contributed by atoms with van der Waals surface area (Å²) in [4.78, 5) is 10.7. The number of nitrogens with zero attached hydrogens (tertiary/aromatic N) is 3. The average molecular weight is 305 g/mol. The number of aryl methyl sites for hydroxylation is 1. The number of aromatic nitrogens is 3. The monoisotopic (exact) mass is 305 g/mol. The highest BCUT2D eigenvalue weighted by atomic mass is 32.2. The van der Waals surface area contributed by atoms with Gasteiger partial charge in [-0.2, -0.15) is 0 Å². The van der Waals surface area contributed by atoms with Gasteiger partial charge in [-0.15, -0.1) is 10.2 Å². The molecule has 0 unspecified atom stereocenters. The summed E-state index contributed by atoms with van der Waals surface area (Å²) in [5, 5.41) is 17.8. The molecule has 0 amide bonds. The van der Waals surface area contributed by atoms with Crippen molar-refractivity contribution < 1.29 is 9.90 Å². The Morgan fingerprint density at radius 3 is 2.48 bits per heavy atom. The van der Waals surface area contributed by atoms with Crippen LogP contribution in [0.15, 0.2) is 29.4 Å². The first-order valence-corrected chi connectivity index (χ1v) is 7.90. The first kappa shape index (κ1) is 15.6. The molecule has 0 saturated heterocycles. The van der Waals surface area contributed by atoms with Gasteiger partial charge in [0.25, 0.3) is 0 Å². The number of thioether (sulfide) groups is 1. The van der Waals surface area contributed by atoms with E-state index in [-0.39, 0.29) is 11.8 Å². The van der Waals surface area contributed by atoms with Crippen molar-refractivity contribution in [2.45, 2.75) is 38.4 Å². The van der Waals surface area contributed by atoms with E-state index in [0.717, 1.165) is 17.8 Å². The molecular weight excluding hydrogens is 286 g/mol. The van der Waals surface area contributed by atoms with Crippen molar-refractivity contribution in [3.05, 3.63) is 29.8 Å². The second-order valence-electron chi connectivity index (χ2n) is 5.00. The van der Waals surface area contributed by atoms with Gasteiger partial charge in [-0.1, -0.05) is 43.0 Å². The Morgan fingerprint density at radius 1 is 1.29 bits per heavy atom. The van der Waals surface area contributed by atoms with Crippen LogP contribution in [-0.2, 0) is 11.2 Å². The van der Waals surface area contributed by atoms with Gasteiger partial charge in [0.15, 0.2) is 11.0 Å². The van der Waals surface area contributed by atoms with Crippen molar-refractivity contribution in [3.8, 4) is 11.4 Å². The molecule has 0 radical (unpaired) electrons. The maximum Gasteiger partial charge on any atom is 0.313 e. The van der Waals surface area contributed by atoms with Gasteiger partial charge >= 0.3 is 5.97 Å². The van der Waals surface area contributed by atoms with Crippen LogP contribution in [-0.4, -0.2) is 31.6 Å². The van der Waals surface area contributed by atoms with Crippen molar-refractivity contribution in [1.29, 1.82) is 0 Å². The highest BCUT2D eigenvalue weighted by molar-refractivity contribution is 7.99. The van der Waals surface area contributed by atoms with E-state index in [4.69, 9.17) is 5.11 Å². The molecular formula is C15H19N3O2S. The van der Waals surface area contributed by atoms with Gasteiger partial charge in [-0.3, -0.25) is 9.36 Å². The minimum atomic E-state index is -0.854. The molecule has 2 rings (SSSR count). The second-order valence-corrected chi connectivity index (χ2v) is 5.95. The summed E-state index contributed by atoms with van der Waals surface area (Å²) in [7, 11) is 0. The summed E-state index contributed by atoms with van der Waals surface area (Å²) >= 11 is 1.20. The maximum absolute atomic E-state index is 10.7. The van der Waals surface area contributed by atoms with Crippen molar-refractivity contribution in [2.75, 3.05) is 5.75 Å². The Balaban J connectivity index is 2.36. The molecule has 0 aliphatic rings. The number of hydrogen-bond donors (Lipinski definition) is 1. The molecule has 2 aromatic rings. The highest BCUT2D eigenvalue weighted by Gasteiger charge is 2.17. The summed E-state index contributed by atoms with van der Waals surface area (Å²) < 4.78 is 1.98. The van der Waals surface area contributed by atoms with Crippen LogP contribution in [0, 0.1) is 0 Å². The fourth-order valence-corrected chi connectivity index (χ4v) is 2.84. The molecule has 5 nitrogen and oxygen atoms in total. The molecule has 21 heavy (non-hydrogen) atoms. The molecule has 0 fully saturated rings. The SMILES string of the molecule is CCc1ccc(-c2nnc(SCC(=O)O)n2C(C)C)cc1. The van der Waals surface area contributed by atoms with Crippen LogP contribution in [0.5, 0.6) is 0 Å². The van der Waals surface area contributed by atoms with Gasteiger partial charge in [-0.05, 0) is 25.8 Å². The molecule has 1 aromatic carbocycles. The van der Waals surface area contributed by atoms with Crippen molar-refractivity contribution in [2.24, 2.45) is 0 Å². The van der Waals surface area contributed by atoms with E-state index in [1.165, 1.54) is 17.3 Å². The van der Waals surface area contributed by atoms with Crippen LogP contribution in [0.4, 0.5) is 0 Å².